The Kier molecular flexibility index (Phi) is 7.09. The fourth-order valence-electron chi connectivity index (χ4n) is 2.54. The van der Waals surface area contributed by atoms with Crippen LogP contribution in [0.4, 0.5) is 11.4 Å². The van der Waals surface area contributed by atoms with Gasteiger partial charge in [0.15, 0.2) is 11.0 Å². The average molecular weight is 464 g/mol. The number of hydrogen-bond donors (Lipinski definition) is 1. The summed E-state index contributed by atoms with van der Waals surface area (Å²) in [5.41, 5.74) is 0.977. The van der Waals surface area contributed by atoms with E-state index in [1.54, 1.807) is 18.2 Å². The van der Waals surface area contributed by atoms with Crippen LogP contribution in [0.1, 0.15) is 0 Å². The van der Waals surface area contributed by atoms with Crippen LogP contribution in [-0.2, 0) is 11.3 Å². The first kappa shape index (κ1) is 21.8. The molecule has 0 aliphatic carbocycles. The minimum Gasteiger partial charge on any atom is -0.324 e. The second kappa shape index (κ2) is 9.75. The second-order valence-corrected chi connectivity index (χ2v) is 7.76. The number of hydrogen-bond acceptors (Lipinski definition) is 6. The van der Waals surface area contributed by atoms with E-state index in [0.717, 1.165) is 5.56 Å². The van der Waals surface area contributed by atoms with E-state index in [-0.39, 0.29) is 22.4 Å². The van der Waals surface area contributed by atoms with Crippen LogP contribution in [0.5, 0.6) is 0 Å². The van der Waals surface area contributed by atoms with Gasteiger partial charge in [-0.25, -0.2) is 0 Å². The third kappa shape index (κ3) is 5.18. The first-order chi connectivity index (χ1) is 14.4. The van der Waals surface area contributed by atoms with Crippen molar-refractivity contribution in [2.45, 2.75) is 11.7 Å². The average Bonchev–Trinajstić information content (AvgIpc) is 3.11. The molecule has 0 aliphatic rings. The number of halogens is 2. The highest BCUT2D eigenvalue weighted by Crippen LogP contribution is 2.28. The second-order valence-electron chi connectivity index (χ2n) is 5.97. The number of aromatic nitrogens is 3. The molecule has 1 N–H and O–H groups in total. The molecule has 0 fully saturated rings. The van der Waals surface area contributed by atoms with E-state index in [2.05, 4.69) is 22.1 Å². The highest BCUT2D eigenvalue weighted by molar-refractivity contribution is 7.99. The van der Waals surface area contributed by atoms with E-state index in [9.17, 15) is 14.9 Å². The maximum absolute atomic E-state index is 12.3. The zero-order valence-electron chi connectivity index (χ0n) is 15.4. The molecule has 0 spiro atoms. The first-order valence-electron chi connectivity index (χ1n) is 8.55. The van der Waals surface area contributed by atoms with Crippen molar-refractivity contribution >= 4 is 52.2 Å². The van der Waals surface area contributed by atoms with E-state index in [4.69, 9.17) is 23.2 Å². The number of carbonyl (C=O) groups excluding carboxylic acids is 1. The number of thioether (sulfide) groups is 1. The summed E-state index contributed by atoms with van der Waals surface area (Å²) in [6.07, 6.45) is 1.71. The molecular weight excluding hydrogens is 449 g/mol. The lowest BCUT2D eigenvalue weighted by Crippen LogP contribution is -2.15. The third-order valence-electron chi connectivity index (χ3n) is 3.90. The molecule has 0 aliphatic heterocycles. The Morgan fingerprint density at radius 3 is 2.60 bits per heavy atom. The monoisotopic (exact) mass is 463 g/mol. The van der Waals surface area contributed by atoms with Gasteiger partial charge in [-0.3, -0.25) is 19.5 Å². The summed E-state index contributed by atoms with van der Waals surface area (Å²) in [5.74, 6) is 0.341. The summed E-state index contributed by atoms with van der Waals surface area (Å²) in [4.78, 5) is 22.5. The molecule has 0 radical (unpaired) electrons. The normalized spacial score (nSPS) is 10.6. The molecular formula is C19H15Cl2N5O3S. The summed E-state index contributed by atoms with van der Waals surface area (Å²) in [6, 6.07) is 11.0. The molecule has 30 heavy (non-hydrogen) atoms. The summed E-state index contributed by atoms with van der Waals surface area (Å²) in [5, 5.41) is 23.1. The number of rotatable bonds is 8. The molecule has 3 aromatic rings. The van der Waals surface area contributed by atoms with Crippen molar-refractivity contribution in [2.24, 2.45) is 0 Å². The first-order valence-corrected chi connectivity index (χ1v) is 10.3. The number of amides is 1. The van der Waals surface area contributed by atoms with Gasteiger partial charge in [0.2, 0.25) is 5.91 Å². The van der Waals surface area contributed by atoms with Crippen LogP contribution < -0.4 is 5.32 Å². The van der Waals surface area contributed by atoms with Gasteiger partial charge in [-0.15, -0.1) is 16.8 Å². The summed E-state index contributed by atoms with van der Waals surface area (Å²) < 4.78 is 1.84. The molecule has 0 atom stereocenters. The Labute approximate surface area is 186 Å². The molecule has 2 aromatic carbocycles. The summed E-state index contributed by atoms with van der Waals surface area (Å²) >= 11 is 13.2. The lowest BCUT2D eigenvalue weighted by Gasteiger charge is -2.09. The Hall–Kier alpha value is -2.88. The van der Waals surface area contributed by atoms with Gasteiger partial charge in [0.05, 0.1) is 21.4 Å². The molecule has 3 rings (SSSR count). The molecule has 0 unspecified atom stereocenters. The quantitative estimate of drug-likeness (QED) is 0.216. The molecule has 1 heterocycles. The Balaban J connectivity index is 1.71. The van der Waals surface area contributed by atoms with Crippen LogP contribution in [0.2, 0.25) is 10.0 Å². The number of nitro benzene ring substituents is 1. The number of benzene rings is 2. The van der Waals surface area contributed by atoms with Crippen molar-refractivity contribution in [2.75, 3.05) is 11.1 Å². The topological polar surface area (TPSA) is 103 Å². The predicted molar refractivity (Wildman–Crippen MR) is 118 cm³/mol. The zero-order chi connectivity index (χ0) is 21.7. The van der Waals surface area contributed by atoms with E-state index in [1.165, 1.54) is 30.0 Å². The van der Waals surface area contributed by atoms with Crippen molar-refractivity contribution in [3.05, 3.63) is 75.3 Å². The van der Waals surface area contributed by atoms with Crippen molar-refractivity contribution in [3.8, 4) is 11.4 Å². The number of non-ortho nitro benzene ring substituents is 1. The van der Waals surface area contributed by atoms with Crippen molar-refractivity contribution in [1.29, 1.82) is 0 Å². The van der Waals surface area contributed by atoms with Crippen LogP contribution in [0.15, 0.2) is 60.3 Å². The number of nitrogens with one attached hydrogen (secondary N) is 1. The minimum atomic E-state index is -0.558. The van der Waals surface area contributed by atoms with Crippen LogP contribution >= 0.6 is 35.0 Å². The highest BCUT2D eigenvalue weighted by atomic mass is 35.5. The molecule has 0 saturated carbocycles. The largest absolute Gasteiger partial charge is 0.324 e. The Morgan fingerprint density at radius 2 is 1.97 bits per heavy atom. The number of nitrogens with zero attached hydrogens (tertiary/aromatic N) is 4. The Morgan fingerprint density at radius 1 is 1.23 bits per heavy atom. The number of anilines is 1. The molecule has 0 saturated heterocycles. The fraction of sp³-hybridized carbons (Fsp3) is 0.105. The van der Waals surface area contributed by atoms with Gasteiger partial charge in [-0.1, -0.05) is 41.0 Å². The summed E-state index contributed by atoms with van der Waals surface area (Å²) in [6.45, 7) is 4.22. The van der Waals surface area contributed by atoms with Gasteiger partial charge in [0.1, 0.15) is 0 Å². The van der Waals surface area contributed by atoms with Gasteiger partial charge in [0, 0.05) is 29.3 Å². The van der Waals surface area contributed by atoms with Crippen LogP contribution in [0, 0.1) is 10.1 Å². The number of nitro groups is 1. The lowest BCUT2D eigenvalue weighted by molar-refractivity contribution is -0.384. The molecule has 0 bridgehead atoms. The Bertz CT molecular complexity index is 1100. The maximum atomic E-state index is 12.3. The molecule has 1 amide bonds. The van der Waals surface area contributed by atoms with Crippen LogP contribution in [-0.4, -0.2) is 31.3 Å². The van der Waals surface area contributed by atoms with Gasteiger partial charge < -0.3 is 5.32 Å². The van der Waals surface area contributed by atoms with E-state index in [0.29, 0.717) is 28.2 Å². The standard InChI is InChI=1S/C19H15Cl2N5O3S/c1-2-9-25-18(12-3-5-13(20)6-4-12)23-24-19(25)30-11-17(27)22-16-8-7-14(26(28)29)10-15(16)21/h2-8,10H,1,9,11H2,(H,22,27). The summed E-state index contributed by atoms with van der Waals surface area (Å²) in [7, 11) is 0. The van der Waals surface area contributed by atoms with Gasteiger partial charge >= 0.3 is 0 Å². The minimum absolute atomic E-state index is 0.0449. The predicted octanol–water partition coefficient (Wildman–Crippen LogP) is 5.08. The maximum Gasteiger partial charge on any atom is 0.271 e. The van der Waals surface area contributed by atoms with Gasteiger partial charge in [-0.05, 0) is 30.3 Å². The van der Waals surface area contributed by atoms with Gasteiger partial charge in [0.25, 0.3) is 5.69 Å². The number of allylic oxidation sites excluding steroid dienone is 1. The van der Waals surface area contributed by atoms with E-state index in [1.807, 2.05) is 16.7 Å². The van der Waals surface area contributed by atoms with E-state index >= 15 is 0 Å². The van der Waals surface area contributed by atoms with Crippen LogP contribution in [0.25, 0.3) is 11.4 Å². The highest BCUT2D eigenvalue weighted by Gasteiger charge is 2.16. The number of carbonyl (C=O) groups is 1. The van der Waals surface area contributed by atoms with Gasteiger partial charge in [-0.2, -0.15) is 0 Å². The van der Waals surface area contributed by atoms with Crippen molar-refractivity contribution in [3.63, 3.8) is 0 Å². The third-order valence-corrected chi connectivity index (χ3v) is 5.43. The van der Waals surface area contributed by atoms with Crippen molar-refractivity contribution < 1.29 is 9.72 Å². The molecule has 154 valence electrons. The lowest BCUT2D eigenvalue weighted by atomic mass is 10.2. The molecule has 11 heteroatoms. The van der Waals surface area contributed by atoms with E-state index < -0.39 is 4.92 Å². The van der Waals surface area contributed by atoms with Crippen LogP contribution in [0.3, 0.4) is 0 Å². The molecule has 1 aromatic heterocycles. The SMILES string of the molecule is C=CCn1c(SCC(=O)Nc2ccc([N+](=O)[O-])cc2Cl)nnc1-c1ccc(Cl)cc1. The fourth-order valence-corrected chi connectivity index (χ4v) is 3.63. The smallest absolute Gasteiger partial charge is 0.271 e. The van der Waals surface area contributed by atoms with Crippen molar-refractivity contribution in [1.82, 2.24) is 14.8 Å². The zero-order valence-corrected chi connectivity index (χ0v) is 17.7. The molecule has 8 nitrogen and oxygen atoms in total.